The van der Waals surface area contributed by atoms with Gasteiger partial charge in [-0.25, -0.2) is 18.5 Å². The van der Waals surface area contributed by atoms with Gasteiger partial charge in [0.05, 0.1) is 35.7 Å². The molecule has 4 heterocycles. The third kappa shape index (κ3) is 11.4. The Kier molecular flexibility index (Phi) is 15.5. The molecule has 3 aromatic heterocycles. The van der Waals surface area contributed by atoms with Gasteiger partial charge in [0.1, 0.15) is 23.7 Å². The molecule has 1 saturated carbocycles. The van der Waals surface area contributed by atoms with E-state index in [2.05, 4.69) is 29.6 Å². The summed E-state index contributed by atoms with van der Waals surface area (Å²) in [6, 6.07) is 16.5. The van der Waals surface area contributed by atoms with E-state index in [-0.39, 0.29) is 30.0 Å². The SMILES string of the molecule is CON(C(=O)c1cn(C)nc1C(F)F)C(C)Cc1c(Cl)cc(Cl)cc1Cl.N#Cc1c[nH]cc1-c1cccc2c1OC(F)(F)O2.OC(Cc1ccccc1Cl)(Cn1nc[nH]c1=S)C1(Cl)CC1. The number of H-pyrrole nitrogens is 2. The topological polar surface area (TPSA) is 159 Å². The van der Waals surface area contributed by atoms with Crippen LogP contribution in [-0.2, 0) is 31.3 Å². The molecule has 8 rings (SSSR count). The number of aromatic amines is 2. The molecule has 65 heavy (non-hydrogen) atoms. The first-order chi connectivity index (χ1) is 30.7. The Morgan fingerprint density at radius 1 is 1.08 bits per heavy atom. The Hall–Kier alpha value is -4.84. The van der Waals surface area contributed by atoms with Gasteiger partial charge in [-0.05, 0) is 73.8 Å². The molecule has 0 bridgehead atoms. The molecule has 344 valence electrons. The van der Waals surface area contributed by atoms with Crippen molar-refractivity contribution in [2.75, 3.05) is 7.11 Å². The number of carbonyl (C=O) groups is 1. The highest BCUT2D eigenvalue weighted by atomic mass is 35.5. The molecule has 23 heteroatoms. The number of hydroxylamine groups is 2. The van der Waals surface area contributed by atoms with Crippen molar-refractivity contribution in [1.82, 2.24) is 34.6 Å². The minimum Gasteiger partial charge on any atom is -0.395 e. The van der Waals surface area contributed by atoms with Gasteiger partial charge in [-0.3, -0.25) is 14.3 Å². The highest BCUT2D eigenvalue weighted by Gasteiger charge is 2.58. The highest BCUT2D eigenvalue weighted by Crippen LogP contribution is 2.53. The summed E-state index contributed by atoms with van der Waals surface area (Å²) in [5, 5.41) is 30.5. The smallest absolute Gasteiger partial charge is 0.395 e. The molecular formula is C42H37Cl5F4N8O5S. The molecule has 0 saturated heterocycles. The lowest BCUT2D eigenvalue weighted by molar-refractivity contribution is -0.286. The molecule has 6 aromatic rings. The first-order valence-electron chi connectivity index (χ1n) is 19.2. The minimum atomic E-state index is -3.67. The zero-order valence-electron chi connectivity index (χ0n) is 34.3. The van der Waals surface area contributed by atoms with E-state index < -0.39 is 40.8 Å². The second-order valence-electron chi connectivity index (χ2n) is 14.8. The van der Waals surface area contributed by atoms with Crippen LogP contribution in [0.3, 0.4) is 0 Å². The minimum absolute atomic E-state index is 0.0393. The zero-order chi connectivity index (χ0) is 47.4. The number of amides is 1. The standard InChI is InChI=1S/C16H16Cl3F2N3O2.C14H15Cl2N3OS.C12H6F2N2O2/c1-8(4-10-12(18)5-9(17)6-13(10)19)24(26-3)16(25)11-7-23(2)22-14(11)15(20)21;15-11-4-2-1-3-10(11)7-14(20,13(16)5-6-13)8-19-12(21)17-9-18-19;13-12(14)17-10-3-1-2-8(11(10)18-12)9-6-16-5-7(9)4-15/h5-8,15H,4H2,1-3H3;1-4,9,20H,5-8H2,(H,17,18,21);1-3,5-6,16H. The summed E-state index contributed by atoms with van der Waals surface area (Å²) >= 11 is 36.1. The number of nitrogens with one attached hydrogen (secondary N) is 2. The first-order valence-corrected chi connectivity index (χ1v) is 21.5. The van der Waals surface area contributed by atoms with Crippen molar-refractivity contribution in [2.45, 2.75) is 68.4 Å². The fourth-order valence-electron chi connectivity index (χ4n) is 6.95. The van der Waals surface area contributed by atoms with Crippen LogP contribution in [0, 0.1) is 16.1 Å². The van der Waals surface area contributed by atoms with E-state index >= 15 is 0 Å². The number of aromatic nitrogens is 6. The molecule has 13 nitrogen and oxygen atoms in total. The number of rotatable bonds is 12. The van der Waals surface area contributed by atoms with Crippen LogP contribution in [0.5, 0.6) is 11.5 Å². The van der Waals surface area contributed by atoms with Crippen LogP contribution in [0.1, 0.15) is 58.9 Å². The van der Waals surface area contributed by atoms with Gasteiger partial charge in [0.25, 0.3) is 12.3 Å². The molecule has 3 N–H and O–H groups in total. The number of aliphatic hydroxyl groups is 1. The van der Waals surface area contributed by atoms with Crippen LogP contribution < -0.4 is 9.47 Å². The maximum Gasteiger partial charge on any atom is 0.586 e. The number of ether oxygens (including phenoxy) is 2. The molecule has 0 spiro atoms. The van der Waals surface area contributed by atoms with Crippen molar-refractivity contribution < 1.29 is 41.8 Å². The van der Waals surface area contributed by atoms with Crippen LogP contribution in [-0.4, -0.2) is 75.5 Å². The monoisotopic (exact) mass is 1020 g/mol. The number of halogens is 9. The summed E-state index contributed by atoms with van der Waals surface area (Å²) < 4.78 is 64.3. The number of para-hydroxylation sites is 1. The average molecular weight is 1020 g/mol. The second-order valence-corrected chi connectivity index (χ2v) is 17.6. The predicted octanol–water partition coefficient (Wildman–Crippen LogP) is 11.2. The number of nitrogens with zero attached hydrogens (tertiary/aromatic N) is 6. The van der Waals surface area contributed by atoms with Gasteiger partial charge in [-0.15, -0.1) is 20.4 Å². The van der Waals surface area contributed by atoms with Crippen LogP contribution >= 0.6 is 70.2 Å². The normalized spacial score (nSPS) is 15.5. The maximum absolute atomic E-state index is 13.1. The molecule has 2 aliphatic rings. The molecule has 3 aromatic carbocycles. The molecule has 0 radical (unpaired) electrons. The van der Waals surface area contributed by atoms with Gasteiger partial charge in [-0.2, -0.15) is 15.5 Å². The van der Waals surface area contributed by atoms with Crippen molar-refractivity contribution in [3.8, 4) is 28.7 Å². The van der Waals surface area contributed by atoms with Crippen LogP contribution in [0.4, 0.5) is 17.6 Å². The van der Waals surface area contributed by atoms with E-state index in [4.69, 9.17) is 80.3 Å². The Labute approximate surface area is 399 Å². The summed E-state index contributed by atoms with van der Waals surface area (Å²) in [5.41, 5.74) is 0.697. The van der Waals surface area contributed by atoms with Crippen molar-refractivity contribution in [1.29, 1.82) is 5.26 Å². The van der Waals surface area contributed by atoms with Gasteiger partial charge < -0.3 is 24.5 Å². The third-order valence-electron chi connectivity index (χ3n) is 10.3. The Balaban J connectivity index is 0.000000164. The van der Waals surface area contributed by atoms with E-state index in [0.29, 0.717) is 53.5 Å². The zero-order valence-corrected chi connectivity index (χ0v) is 38.9. The number of alkyl halides is 5. The number of benzene rings is 3. The van der Waals surface area contributed by atoms with Crippen LogP contribution in [0.2, 0.25) is 20.1 Å². The largest absolute Gasteiger partial charge is 0.586 e. The van der Waals surface area contributed by atoms with Gasteiger partial charge in [0.2, 0.25) is 0 Å². The summed E-state index contributed by atoms with van der Waals surface area (Å²) in [7, 11) is 2.73. The number of hydrogen-bond acceptors (Lipinski definition) is 9. The van der Waals surface area contributed by atoms with Gasteiger partial charge in [0, 0.05) is 63.3 Å². The van der Waals surface area contributed by atoms with Gasteiger partial charge in [0.15, 0.2) is 16.3 Å². The Morgan fingerprint density at radius 3 is 2.37 bits per heavy atom. The molecule has 2 atom stereocenters. The second kappa shape index (κ2) is 20.4. The fourth-order valence-corrected chi connectivity index (χ4v) is 8.51. The lowest BCUT2D eigenvalue weighted by Crippen LogP contribution is -2.47. The van der Waals surface area contributed by atoms with Crippen molar-refractivity contribution >= 4 is 76.1 Å². The number of fused-ring (bicyclic) bond motifs is 1. The number of aryl methyl sites for hydroxylation is 1. The summed E-state index contributed by atoms with van der Waals surface area (Å²) in [6.07, 6.45) is 1.36. The molecule has 1 aliphatic carbocycles. The lowest BCUT2D eigenvalue weighted by Gasteiger charge is -2.33. The van der Waals surface area contributed by atoms with Gasteiger partial charge >= 0.3 is 6.29 Å². The Morgan fingerprint density at radius 2 is 1.77 bits per heavy atom. The fraction of sp³-hybridized carbons (Fsp3) is 0.310. The summed E-state index contributed by atoms with van der Waals surface area (Å²) in [4.78, 5) is 22.8. The Bertz CT molecular complexity index is 2750. The number of carbonyl (C=O) groups excluding carboxylic acids is 1. The summed E-state index contributed by atoms with van der Waals surface area (Å²) in [5.74, 6) is -0.828. The molecule has 2 unspecified atom stereocenters. The number of nitriles is 1. The maximum atomic E-state index is 13.1. The van der Waals surface area contributed by atoms with Gasteiger partial charge in [-0.1, -0.05) is 76.7 Å². The van der Waals surface area contributed by atoms with Crippen molar-refractivity contribution in [3.05, 3.63) is 132 Å². The summed E-state index contributed by atoms with van der Waals surface area (Å²) in [6.45, 7) is 1.92. The van der Waals surface area contributed by atoms with E-state index in [1.165, 1.54) is 51.1 Å². The lowest BCUT2D eigenvalue weighted by atomic mass is 9.89. The molecule has 1 aliphatic heterocycles. The van der Waals surface area contributed by atoms with E-state index in [0.717, 1.165) is 28.2 Å². The number of hydrogen-bond donors (Lipinski definition) is 3. The average Bonchev–Trinajstić information content (AvgIpc) is 3.61. The molecule has 1 amide bonds. The van der Waals surface area contributed by atoms with Crippen LogP contribution in [0.15, 0.2) is 79.5 Å². The first kappa shape index (κ1) is 49.6. The predicted molar refractivity (Wildman–Crippen MR) is 238 cm³/mol. The molecule has 1 fully saturated rings. The highest BCUT2D eigenvalue weighted by molar-refractivity contribution is 7.71. The van der Waals surface area contributed by atoms with Crippen molar-refractivity contribution in [3.63, 3.8) is 0 Å². The third-order valence-corrected chi connectivity index (χ3v) is 12.6. The van der Waals surface area contributed by atoms with E-state index in [9.17, 15) is 27.5 Å². The van der Waals surface area contributed by atoms with Crippen LogP contribution in [0.25, 0.3) is 11.1 Å². The van der Waals surface area contributed by atoms with Crippen molar-refractivity contribution in [2.24, 2.45) is 7.05 Å². The molecular weight excluding hydrogens is 982 g/mol. The van der Waals surface area contributed by atoms with E-state index in [1.54, 1.807) is 29.9 Å². The quantitative estimate of drug-likeness (QED) is 0.0469. The van der Waals surface area contributed by atoms with E-state index in [1.807, 2.05) is 30.3 Å².